The highest BCUT2D eigenvalue weighted by Gasteiger charge is 2.22. The Morgan fingerprint density at radius 3 is 2.37 bits per heavy atom. The predicted octanol–water partition coefficient (Wildman–Crippen LogP) is 0.248. The smallest absolute Gasteiger partial charge is 0.315 e. The molecule has 110 valence electrons. The second kappa shape index (κ2) is 7.99. The lowest BCUT2D eigenvalue weighted by molar-refractivity contribution is -0.128. The molecule has 3 amide bonds. The lowest BCUT2D eigenvalue weighted by Crippen LogP contribution is -2.42. The zero-order valence-corrected chi connectivity index (χ0v) is 12.2. The van der Waals surface area contributed by atoms with Crippen molar-refractivity contribution in [3.8, 4) is 0 Å². The van der Waals surface area contributed by atoms with Crippen LogP contribution in [0.1, 0.15) is 26.2 Å². The number of carbonyl (C=O) groups is 2. The first-order valence-electron chi connectivity index (χ1n) is 6.93. The summed E-state index contributed by atoms with van der Waals surface area (Å²) in [5, 5.41) is 5.64. The summed E-state index contributed by atoms with van der Waals surface area (Å²) in [7, 11) is 4.03. The fraction of sp³-hybridized carbons (Fsp3) is 0.846. The van der Waals surface area contributed by atoms with Crippen LogP contribution in [-0.2, 0) is 4.79 Å². The van der Waals surface area contributed by atoms with Crippen LogP contribution in [0.5, 0.6) is 0 Å². The summed E-state index contributed by atoms with van der Waals surface area (Å²) in [6.07, 6.45) is 3.11. The van der Waals surface area contributed by atoms with Crippen molar-refractivity contribution in [2.75, 3.05) is 40.3 Å². The van der Waals surface area contributed by atoms with Crippen LogP contribution in [0.25, 0.3) is 0 Å². The van der Waals surface area contributed by atoms with Crippen LogP contribution >= 0.6 is 0 Å². The quantitative estimate of drug-likeness (QED) is 0.664. The Kier molecular flexibility index (Phi) is 6.62. The highest BCUT2D eigenvalue weighted by molar-refractivity contribution is 5.75. The van der Waals surface area contributed by atoms with E-state index in [4.69, 9.17) is 0 Å². The molecule has 1 aliphatic rings. The fourth-order valence-electron chi connectivity index (χ4n) is 1.77. The molecule has 0 aromatic rings. The van der Waals surface area contributed by atoms with Gasteiger partial charge in [-0.25, -0.2) is 4.79 Å². The van der Waals surface area contributed by atoms with Crippen molar-refractivity contribution in [2.24, 2.45) is 0 Å². The van der Waals surface area contributed by atoms with Gasteiger partial charge in [-0.15, -0.1) is 0 Å². The maximum atomic E-state index is 11.5. The van der Waals surface area contributed by atoms with Gasteiger partial charge in [0.05, 0.1) is 0 Å². The molecule has 6 heteroatoms. The SMILES string of the molecule is CC(=O)N(CCCN(C)C)CCNC(=O)NC1CC1. The molecule has 1 saturated carbocycles. The highest BCUT2D eigenvalue weighted by atomic mass is 16.2. The Bertz CT molecular complexity index is 303. The van der Waals surface area contributed by atoms with E-state index in [0.717, 1.165) is 32.4 Å². The number of urea groups is 1. The van der Waals surface area contributed by atoms with Gasteiger partial charge in [-0.3, -0.25) is 4.79 Å². The first-order valence-corrected chi connectivity index (χ1v) is 6.93. The summed E-state index contributed by atoms with van der Waals surface area (Å²) >= 11 is 0. The summed E-state index contributed by atoms with van der Waals surface area (Å²) in [5.74, 6) is 0.0585. The second-order valence-corrected chi connectivity index (χ2v) is 5.34. The lowest BCUT2D eigenvalue weighted by atomic mass is 10.3. The first-order chi connectivity index (χ1) is 8.99. The molecular weight excluding hydrogens is 244 g/mol. The predicted molar refractivity (Wildman–Crippen MR) is 75.0 cm³/mol. The normalized spacial score (nSPS) is 14.3. The zero-order valence-electron chi connectivity index (χ0n) is 12.2. The van der Waals surface area contributed by atoms with Crippen LogP contribution < -0.4 is 10.6 Å². The molecule has 1 aliphatic carbocycles. The van der Waals surface area contributed by atoms with Gasteiger partial charge in [0, 0.05) is 32.6 Å². The standard InChI is InChI=1S/C13H26N4O2/c1-11(18)17(9-4-8-16(2)3)10-7-14-13(19)15-12-5-6-12/h12H,4-10H2,1-3H3,(H2,14,15,19). The van der Waals surface area contributed by atoms with Crippen molar-refractivity contribution in [2.45, 2.75) is 32.2 Å². The van der Waals surface area contributed by atoms with Crippen LogP contribution in [0.15, 0.2) is 0 Å². The molecule has 0 spiro atoms. The van der Waals surface area contributed by atoms with Crippen molar-refractivity contribution < 1.29 is 9.59 Å². The third kappa shape index (κ3) is 7.66. The van der Waals surface area contributed by atoms with Crippen molar-refractivity contribution in [1.29, 1.82) is 0 Å². The largest absolute Gasteiger partial charge is 0.341 e. The molecule has 0 aromatic heterocycles. The number of carbonyl (C=O) groups excluding carboxylic acids is 2. The van der Waals surface area contributed by atoms with Gasteiger partial charge in [-0.1, -0.05) is 0 Å². The summed E-state index contributed by atoms with van der Waals surface area (Å²) in [5.41, 5.74) is 0. The number of hydrogen-bond acceptors (Lipinski definition) is 3. The molecule has 19 heavy (non-hydrogen) atoms. The van der Waals surface area contributed by atoms with Crippen molar-refractivity contribution >= 4 is 11.9 Å². The van der Waals surface area contributed by atoms with E-state index in [-0.39, 0.29) is 11.9 Å². The number of amides is 3. The molecule has 0 radical (unpaired) electrons. The second-order valence-electron chi connectivity index (χ2n) is 5.34. The van der Waals surface area contributed by atoms with Gasteiger partial charge in [0.1, 0.15) is 0 Å². The molecule has 0 bridgehead atoms. The number of nitrogens with zero attached hydrogens (tertiary/aromatic N) is 2. The molecule has 0 saturated heterocycles. The van der Waals surface area contributed by atoms with Crippen LogP contribution in [0.4, 0.5) is 4.79 Å². The van der Waals surface area contributed by atoms with E-state index in [2.05, 4.69) is 15.5 Å². The van der Waals surface area contributed by atoms with E-state index in [1.807, 2.05) is 14.1 Å². The minimum Gasteiger partial charge on any atom is -0.341 e. The molecule has 0 aromatic carbocycles. The van der Waals surface area contributed by atoms with Crippen molar-refractivity contribution in [3.63, 3.8) is 0 Å². The van der Waals surface area contributed by atoms with Crippen molar-refractivity contribution in [1.82, 2.24) is 20.4 Å². The first kappa shape index (κ1) is 15.8. The topological polar surface area (TPSA) is 64.7 Å². The van der Waals surface area contributed by atoms with Gasteiger partial charge in [0.25, 0.3) is 0 Å². The Morgan fingerprint density at radius 1 is 1.16 bits per heavy atom. The summed E-state index contributed by atoms with van der Waals surface area (Å²) in [6, 6.07) is 0.239. The summed E-state index contributed by atoms with van der Waals surface area (Å²) in [6.45, 7) is 4.33. The Balaban J connectivity index is 2.13. The molecule has 1 fully saturated rings. The van der Waals surface area contributed by atoms with Gasteiger partial charge in [0.15, 0.2) is 0 Å². The highest BCUT2D eigenvalue weighted by Crippen LogP contribution is 2.18. The van der Waals surface area contributed by atoms with E-state index < -0.39 is 0 Å². The Hall–Kier alpha value is -1.30. The molecule has 1 rings (SSSR count). The molecule has 2 N–H and O–H groups in total. The Labute approximate surface area is 115 Å². The van der Waals surface area contributed by atoms with Crippen LogP contribution in [0.3, 0.4) is 0 Å². The van der Waals surface area contributed by atoms with Gasteiger partial charge >= 0.3 is 6.03 Å². The molecule has 0 heterocycles. The molecule has 6 nitrogen and oxygen atoms in total. The molecule has 0 atom stereocenters. The van der Waals surface area contributed by atoms with Crippen LogP contribution in [-0.4, -0.2) is 68.1 Å². The van der Waals surface area contributed by atoms with Gasteiger partial charge in [-0.05, 0) is 39.9 Å². The van der Waals surface area contributed by atoms with Gasteiger partial charge in [0.2, 0.25) is 5.91 Å². The van der Waals surface area contributed by atoms with E-state index in [1.54, 1.807) is 11.8 Å². The lowest BCUT2D eigenvalue weighted by Gasteiger charge is -2.22. The average molecular weight is 270 g/mol. The Morgan fingerprint density at radius 2 is 1.84 bits per heavy atom. The van der Waals surface area contributed by atoms with Gasteiger partial charge in [-0.2, -0.15) is 0 Å². The van der Waals surface area contributed by atoms with E-state index >= 15 is 0 Å². The number of hydrogen-bond donors (Lipinski definition) is 2. The van der Waals surface area contributed by atoms with Gasteiger partial charge < -0.3 is 20.4 Å². The van der Waals surface area contributed by atoms with E-state index in [0.29, 0.717) is 19.1 Å². The molecule has 0 unspecified atom stereocenters. The number of rotatable bonds is 8. The maximum Gasteiger partial charge on any atom is 0.315 e. The average Bonchev–Trinajstić information content (AvgIpc) is 3.10. The number of nitrogens with one attached hydrogen (secondary N) is 2. The minimum atomic E-state index is -0.126. The maximum absolute atomic E-state index is 11.5. The summed E-state index contributed by atoms with van der Waals surface area (Å²) < 4.78 is 0. The molecular formula is C13H26N4O2. The molecule has 0 aliphatic heterocycles. The monoisotopic (exact) mass is 270 g/mol. The minimum absolute atomic E-state index is 0.0585. The fourth-order valence-corrected chi connectivity index (χ4v) is 1.77. The summed E-state index contributed by atoms with van der Waals surface area (Å²) in [4.78, 5) is 26.8. The van der Waals surface area contributed by atoms with E-state index in [1.165, 1.54) is 0 Å². The zero-order chi connectivity index (χ0) is 14.3. The van der Waals surface area contributed by atoms with Crippen LogP contribution in [0, 0.1) is 0 Å². The third-order valence-corrected chi connectivity index (χ3v) is 3.06. The van der Waals surface area contributed by atoms with Crippen molar-refractivity contribution in [3.05, 3.63) is 0 Å². The van der Waals surface area contributed by atoms with Crippen LogP contribution in [0.2, 0.25) is 0 Å². The third-order valence-electron chi connectivity index (χ3n) is 3.06. The van der Waals surface area contributed by atoms with E-state index in [9.17, 15) is 9.59 Å².